The van der Waals surface area contributed by atoms with Gasteiger partial charge in [-0.25, -0.2) is 18.3 Å². The molecule has 4 aromatic heterocycles. The van der Waals surface area contributed by atoms with E-state index in [1.54, 1.807) is 36.4 Å². The van der Waals surface area contributed by atoms with E-state index in [1.807, 2.05) is 184 Å². The average molecular weight is 1550 g/mol. The number of nitrogens with zero attached hydrogens (tertiary/aromatic N) is 4. The van der Waals surface area contributed by atoms with Crippen molar-refractivity contribution in [3.8, 4) is 22.7 Å². The predicted molar refractivity (Wildman–Crippen MR) is 470 cm³/mol. The number of para-hydroxylation sites is 4. The topological polar surface area (TPSA) is 156 Å². The van der Waals surface area contributed by atoms with Gasteiger partial charge in [0.25, 0.3) is 44.5 Å². The van der Waals surface area contributed by atoms with Crippen LogP contribution < -0.4 is 44.5 Å². The van der Waals surface area contributed by atoms with Crippen LogP contribution in [0.1, 0.15) is 203 Å². The summed E-state index contributed by atoms with van der Waals surface area (Å²) in [7, 11) is 0. The zero-order valence-electron chi connectivity index (χ0n) is 64.6. The third kappa shape index (κ3) is 8.45. The Balaban J connectivity index is 1.19. The molecule has 0 atom stereocenters. The first-order valence-electron chi connectivity index (χ1n) is 38.8. The highest BCUT2D eigenvalue weighted by atomic mass is 35.5. The Hall–Kier alpha value is -10.6. The van der Waals surface area contributed by atoms with Crippen molar-refractivity contribution in [2.75, 3.05) is 0 Å². The minimum atomic E-state index is -0.693. The van der Waals surface area contributed by atoms with Gasteiger partial charge in [-0.2, -0.15) is 0 Å². The van der Waals surface area contributed by atoms with E-state index in [4.69, 9.17) is 46.4 Å². The summed E-state index contributed by atoms with van der Waals surface area (Å²) in [6.45, 7) is 32.3. The van der Waals surface area contributed by atoms with E-state index in [0.717, 1.165) is 44.5 Å². The van der Waals surface area contributed by atoms with E-state index < -0.39 is 44.5 Å². The third-order valence-electron chi connectivity index (χ3n) is 25.3. The van der Waals surface area contributed by atoms with Gasteiger partial charge in [-0.15, -0.1) is 0 Å². The Labute approximate surface area is 659 Å². The molecular weight excluding hydrogens is 1480 g/mol. The minimum absolute atomic E-state index is 0.0717. The first kappa shape index (κ1) is 70.5. The molecule has 0 radical (unpaired) electrons. The molecule has 0 saturated heterocycles. The van der Waals surface area contributed by atoms with Crippen molar-refractivity contribution in [1.29, 1.82) is 0 Å². The largest absolute Gasteiger partial charge is 0.268 e. The summed E-state index contributed by atoms with van der Waals surface area (Å²) in [6, 6.07) is 33.3. The lowest BCUT2D eigenvalue weighted by molar-refractivity contribution is 0.792. The Kier molecular flexibility index (Phi) is 14.8. The molecule has 0 saturated carbocycles. The highest BCUT2D eigenvalue weighted by molar-refractivity contribution is 6.64. The smallest absolute Gasteiger partial charge is 0.266 e. The van der Waals surface area contributed by atoms with E-state index >= 15 is 38.4 Å². The van der Waals surface area contributed by atoms with Gasteiger partial charge in [0, 0.05) is 128 Å². The lowest BCUT2D eigenvalue weighted by Gasteiger charge is -2.30. The van der Waals surface area contributed by atoms with Crippen LogP contribution in [-0.4, -0.2) is 18.3 Å². The second-order valence-corrected chi connectivity index (χ2v) is 35.6. The SMILES string of the molecule is CC(C)c1cccc(C(C)C)c1-n1c(=O)c2cc(Cl)c3c4c(Cl)cc5c(=O)n(-c6c(C(C)C)cccc6C(C)C)c(=O)c6c5c4c4c5c(cc(c1=O)c2c35)c1c2c(=O)n(-c3c(C(C)C)cccc3C(C)C)c(=O)c3cc(Cl)c5c7c(Cl)cc8c(=O)n(-c9c(C(C)C)cccc9C(C)C)c(=O)c9cc%10c6c4c1c(c%10c7c89)c5c32. The summed E-state index contributed by atoms with van der Waals surface area (Å²) in [4.78, 5) is 136. The molecule has 4 heterocycles. The fourth-order valence-electron chi connectivity index (χ4n) is 20.6. The number of hydrogen-bond donors (Lipinski definition) is 0. The Morgan fingerprint density at radius 1 is 0.188 bits per heavy atom. The summed E-state index contributed by atoms with van der Waals surface area (Å²) in [5.41, 5.74) is 2.48. The monoisotopic (exact) mass is 1550 g/mol. The minimum Gasteiger partial charge on any atom is -0.268 e. The number of fused-ring (bicyclic) bond motifs is 6. The van der Waals surface area contributed by atoms with E-state index in [2.05, 4.69) is 0 Å². The van der Waals surface area contributed by atoms with Crippen molar-refractivity contribution in [1.82, 2.24) is 18.3 Å². The Bertz CT molecular complexity index is 7620. The predicted octanol–water partition coefficient (Wildman–Crippen LogP) is 23.6. The molecule has 112 heavy (non-hydrogen) atoms. The highest BCUT2D eigenvalue weighted by Gasteiger charge is 2.40. The zero-order chi connectivity index (χ0) is 78.8. The Morgan fingerprint density at radius 2 is 0.348 bits per heavy atom. The van der Waals surface area contributed by atoms with Crippen LogP contribution in [-0.2, 0) is 0 Å². The molecule has 0 aliphatic carbocycles. The number of hydrogen-bond acceptors (Lipinski definition) is 8. The van der Waals surface area contributed by atoms with Gasteiger partial charge in [-0.3, -0.25) is 38.4 Å². The first-order valence-corrected chi connectivity index (χ1v) is 40.3. The molecule has 554 valence electrons. The molecule has 20 aromatic rings. The van der Waals surface area contributed by atoms with E-state index in [-0.39, 0.29) is 143 Å². The molecule has 0 aliphatic heterocycles. The molecule has 0 unspecified atom stereocenters. The molecule has 0 aliphatic rings. The second-order valence-electron chi connectivity index (χ2n) is 34.0. The number of aromatic nitrogens is 4. The van der Waals surface area contributed by atoms with Crippen molar-refractivity contribution in [2.24, 2.45) is 0 Å². The lowest BCUT2D eigenvalue weighted by atomic mass is 9.73. The van der Waals surface area contributed by atoms with Crippen molar-refractivity contribution in [3.05, 3.63) is 257 Å². The summed E-state index contributed by atoms with van der Waals surface area (Å²) in [5, 5.41) is 8.71. The van der Waals surface area contributed by atoms with Crippen LogP contribution in [0.2, 0.25) is 20.1 Å². The normalized spacial score (nSPS) is 13.2. The van der Waals surface area contributed by atoms with Gasteiger partial charge in [0.05, 0.1) is 55.1 Å². The highest BCUT2D eigenvalue weighted by Crippen LogP contribution is 2.62. The van der Waals surface area contributed by atoms with Crippen molar-refractivity contribution >= 4 is 208 Å². The van der Waals surface area contributed by atoms with E-state index in [9.17, 15) is 0 Å². The van der Waals surface area contributed by atoms with Crippen LogP contribution >= 0.6 is 46.4 Å². The van der Waals surface area contributed by atoms with Gasteiger partial charge in [0.15, 0.2) is 0 Å². The molecule has 0 fully saturated rings. The Morgan fingerprint density at radius 3 is 0.562 bits per heavy atom. The van der Waals surface area contributed by atoms with Gasteiger partial charge >= 0.3 is 0 Å². The maximum Gasteiger partial charge on any atom is 0.266 e. The van der Waals surface area contributed by atoms with Crippen LogP contribution in [0.25, 0.3) is 184 Å². The quantitative estimate of drug-likeness (QED) is 0.0864. The number of benzene rings is 16. The van der Waals surface area contributed by atoms with Gasteiger partial charge < -0.3 is 0 Å². The molecular formula is C96H74Cl4N4O8. The van der Waals surface area contributed by atoms with Crippen molar-refractivity contribution in [2.45, 2.75) is 158 Å². The van der Waals surface area contributed by atoms with E-state index in [1.165, 1.54) is 18.3 Å². The molecule has 16 aromatic carbocycles. The first-order chi connectivity index (χ1) is 53.3. The number of pyridine rings is 4. The molecule has 16 heteroatoms. The van der Waals surface area contributed by atoms with Crippen molar-refractivity contribution < 1.29 is 0 Å². The van der Waals surface area contributed by atoms with Gasteiger partial charge in [0.2, 0.25) is 0 Å². The second kappa shape index (κ2) is 23.5. The van der Waals surface area contributed by atoms with Crippen LogP contribution in [0.5, 0.6) is 0 Å². The van der Waals surface area contributed by atoms with Crippen LogP contribution in [0, 0.1) is 0 Å². The molecule has 12 nitrogen and oxygen atoms in total. The maximum atomic E-state index is 17.9. The summed E-state index contributed by atoms with van der Waals surface area (Å²) < 4.78 is 5.17. The summed E-state index contributed by atoms with van der Waals surface area (Å²) in [6.07, 6.45) is 0. The fraction of sp³-hybridized carbons (Fsp3) is 0.250. The summed E-state index contributed by atoms with van der Waals surface area (Å²) in [5.74, 6) is -1.54. The van der Waals surface area contributed by atoms with E-state index in [0.29, 0.717) is 109 Å². The number of rotatable bonds is 12. The average Bonchev–Trinajstić information content (AvgIpc) is 0.632. The standard InChI is InChI=1S/C96H74Cl4N4O8/c1-35(2)43-21-17-22-44(36(3)4)85(43)101-89(105)53-29-51-65-75-63(53)55(91(101)107)31-59(97)71(75)73-61(99)33-58-70-77(73)79(65)82-68(84(70)96(112)104(94(58)110)88-49(41(13)14)27-20-28-50(88)42(15)16)52-30-54-64-56(92(108)102(90(54)106)86-45(37(5)6)23-18-24-46(86)38(7)8)32-60(98)72-74-62(100)34-57-69-78(74)80(66(52)76(64)72)81(82)67(51)83(69)95(111)103(93(57)109)87-47(39(9)10)25-19-26-48(87)40(11)12/h17-42H,1-16H3. The van der Waals surface area contributed by atoms with Crippen molar-refractivity contribution in [3.63, 3.8) is 0 Å². The molecule has 0 bridgehead atoms. The third-order valence-corrected chi connectivity index (χ3v) is 26.5. The van der Waals surface area contributed by atoms with Crippen LogP contribution in [0.3, 0.4) is 0 Å². The maximum absolute atomic E-state index is 17.9. The fourth-order valence-corrected chi connectivity index (χ4v) is 21.8. The molecule has 0 N–H and O–H groups in total. The molecule has 0 spiro atoms. The van der Waals surface area contributed by atoms with Gasteiger partial charge in [-0.05, 0) is 150 Å². The molecule has 0 amide bonds. The van der Waals surface area contributed by atoms with Gasteiger partial charge in [-0.1, -0.05) is 230 Å². The summed E-state index contributed by atoms with van der Waals surface area (Å²) >= 11 is 32.4. The van der Waals surface area contributed by atoms with Crippen LogP contribution in [0.4, 0.5) is 0 Å². The number of halogens is 4. The van der Waals surface area contributed by atoms with Crippen LogP contribution in [0.15, 0.2) is 148 Å². The van der Waals surface area contributed by atoms with Gasteiger partial charge in [0.1, 0.15) is 0 Å². The molecule has 20 rings (SSSR count). The lowest BCUT2D eigenvalue weighted by Crippen LogP contribution is -2.34. The zero-order valence-corrected chi connectivity index (χ0v) is 67.6.